The molecule has 0 heterocycles. The average molecular weight is 292 g/mol. The van der Waals surface area contributed by atoms with Crippen LogP contribution in [-0.2, 0) is 14.6 Å². The van der Waals surface area contributed by atoms with Gasteiger partial charge >= 0.3 is 5.97 Å². The third kappa shape index (κ3) is 4.43. The van der Waals surface area contributed by atoms with E-state index in [0.717, 1.165) is 6.42 Å². The first kappa shape index (κ1) is 16.4. The second-order valence-corrected chi connectivity index (χ2v) is 7.68. The minimum atomic E-state index is -2.98. The average Bonchev–Trinajstić information content (AvgIpc) is 2.71. The van der Waals surface area contributed by atoms with Crippen molar-refractivity contribution in [1.29, 1.82) is 0 Å². The van der Waals surface area contributed by atoms with Crippen LogP contribution in [0.3, 0.4) is 0 Å². The second kappa shape index (κ2) is 6.19. The molecule has 0 saturated heterocycles. The van der Waals surface area contributed by atoms with Gasteiger partial charge < -0.3 is 15.3 Å². The first-order valence-electron chi connectivity index (χ1n) is 6.56. The fourth-order valence-corrected chi connectivity index (χ4v) is 3.28. The molecule has 112 valence electrons. The van der Waals surface area contributed by atoms with Crippen LogP contribution >= 0.6 is 0 Å². The molecular formula is C12H24N2O4S. The zero-order valence-corrected chi connectivity index (χ0v) is 12.7. The Morgan fingerprint density at radius 2 is 2.16 bits per heavy atom. The highest BCUT2D eigenvalue weighted by molar-refractivity contribution is 7.90. The molecule has 2 atom stereocenters. The number of sulfone groups is 1. The second-order valence-electron chi connectivity index (χ2n) is 5.42. The zero-order chi connectivity index (χ0) is 14.7. The fraction of sp³-hybridized carbons (Fsp3) is 0.917. The van der Waals surface area contributed by atoms with Crippen LogP contribution in [0.1, 0.15) is 26.2 Å². The molecular weight excluding hydrogens is 268 g/mol. The van der Waals surface area contributed by atoms with Crippen molar-refractivity contribution in [1.82, 2.24) is 10.2 Å². The lowest BCUT2D eigenvalue weighted by molar-refractivity contribution is -0.144. The van der Waals surface area contributed by atoms with E-state index >= 15 is 0 Å². The molecule has 1 fully saturated rings. The van der Waals surface area contributed by atoms with Gasteiger partial charge in [-0.05, 0) is 32.9 Å². The molecule has 0 bridgehead atoms. The molecule has 0 spiro atoms. The molecule has 0 aromatic heterocycles. The van der Waals surface area contributed by atoms with E-state index in [1.807, 2.05) is 18.9 Å². The first-order valence-corrected chi connectivity index (χ1v) is 8.62. The molecule has 2 N–H and O–H groups in total. The number of aliphatic carboxylic acids is 1. The Hall–Kier alpha value is -0.660. The Morgan fingerprint density at radius 3 is 2.63 bits per heavy atom. The number of nitrogens with zero attached hydrogens (tertiary/aromatic N) is 1. The summed E-state index contributed by atoms with van der Waals surface area (Å²) in [6.45, 7) is 2.96. The number of carboxylic acid groups (broad SMARTS) is 1. The Kier molecular flexibility index (Phi) is 5.34. The van der Waals surface area contributed by atoms with Crippen molar-refractivity contribution in [2.24, 2.45) is 0 Å². The largest absolute Gasteiger partial charge is 0.480 e. The maximum absolute atomic E-state index is 11.4. The molecule has 2 unspecified atom stereocenters. The summed E-state index contributed by atoms with van der Waals surface area (Å²) in [7, 11) is -1.12. The summed E-state index contributed by atoms with van der Waals surface area (Å²) < 4.78 is 22.3. The third-order valence-electron chi connectivity index (χ3n) is 3.85. The van der Waals surface area contributed by atoms with Crippen molar-refractivity contribution in [2.45, 2.75) is 37.8 Å². The van der Waals surface area contributed by atoms with E-state index in [2.05, 4.69) is 5.32 Å². The van der Waals surface area contributed by atoms with Gasteiger partial charge in [-0.2, -0.15) is 0 Å². The monoisotopic (exact) mass is 292 g/mol. The van der Waals surface area contributed by atoms with Crippen LogP contribution in [-0.4, -0.2) is 68.1 Å². The quantitative estimate of drug-likeness (QED) is 0.684. The molecule has 1 aliphatic rings. The van der Waals surface area contributed by atoms with Crippen molar-refractivity contribution in [3.63, 3.8) is 0 Å². The van der Waals surface area contributed by atoms with Crippen LogP contribution < -0.4 is 5.32 Å². The van der Waals surface area contributed by atoms with E-state index in [1.165, 1.54) is 6.26 Å². The predicted molar refractivity (Wildman–Crippen MR) is 74.0 cm³/mol. The third-order valence-corrected chi connectivity index (χ3v) is 4.78. The van der Waals surface area contributed by atoms with Gasteiger partial charge in [0.2, 0.25) is 0 Å². The molecule has 0 aromatic rings. The van der Waals surface area contributed by atoms with E-state index in [4.69, 9.17) is 0 Å². The summed E-state index contributed by atoms with van der Waals surface area (Å²) in [5.74, 6) is -0.699. The standard InChI is InChI=1S/C12H24N2O4S/c1-4-13-12(11(15)16)6-5-10(9-12)14(2)7-8-19(3,17)18/h10,13H,4-9H2,1-3H3,(H,15,16). The topological polar surface area (TPSA) is 86.7 Å². The number of rotatable bonds is 7. The van der Waals surface area contributed by atoms with Gasteiger partial charge in [0.25, 0.3) is 0 Å². The lowest BCUT2D eigenvalue weighted by Gasteiger charge is -2.28. The van der Waals surface area contributed by atoms with Crippen LogP contribution in [0, 0.1) is 0 Å². The maximum atomic E-state index is 11.4. The van der Waals surface area contributed by atoms with E-state index in [-0.39, 0.29) is 11.8 Å². The number of nitrogens with one attached hydrogen (secondary N) is 1. The van der Waals surface area contributed by atoms with Crippen LogP contribution in [0.4, 0.5) is 0 Å². The van der Waals surface area contributed by atoms with Gasteiger partial charge in [-0.15, -0.1) is 0 Å². The van der Waals surface area contributed by atoms with Gasteiger partial charge in [0, 0.05) is 18.8 Å². The van der Waals surface area contributed by atoms with E-state index in [9.17, 15) is 18.3 Å². The van der Waals surface area contributed by atoms with Gasteiger partial charge in [0.15, 0.2) is 0 Å². The molecule has 0 aromatic carbocycles. The lowest BCUT2D eigenvalue weighted by Crippen LogP contribution is -2.51. The summed E-state index contributed by atoms with van der Waals surface area (Å²) in [6, 6.07) is 0.122. The Balaban J connectivity index is 2.61. The molecule has 1 aliphatic carbocycles. The fourth-order valence-electron chi connectivity index (χ4n) is 2.66. The van der Waals surface area contributed by atoms with Gasteiger partial charge in [-0.3, -0.25) is 4.79 Å². The number of likely N-dealkylation sites (N-methyl/N-ethyl adjacent to an activating group) is 1. The van der Waals surface area contributed by atoms with E-state index < -0.39 is 21.3 Å². The number of hydrogen-bond acceptors (Lipinski definition) is 5. The van der Waals surface area contributed by atoms with Crippen molar-refractivity contribution >= 4 is 15.8 Å². The summed E-state index contributed by atoms with van der Waals surface area (Å²) >= 11 is 0. The smallest absolute Gasteiger partial charge is 0.323 e. The van der Waals surface area contributed by atoms with Gasteiger partial charge in [0.1, 0.15) is 15.4 Å². The summed E-state index contributed by atoms with van der Waals surface area (Å²) in [6.07, 6.45) is 3.11. The maximum Gasteiger partial charge on any atom is 0.323 e. The van der Waals surface area contributed by atoms with Crippen molar-refractivity contribution < 1.29 is 18.3 Å². The van der Waals surface area contributed by atoms with E-state index in [1.54, 1.807) is 0 Å². The van der Waals surface area contributed by atoms with Crippen molar-refractivity contribution in [3.8, 4) is 0 Å². The molecule has 6 nitrogen and oxygen atoms in total. The molecule has 7 heteroatoms. The summed E-state index contributed by atoms with van der Waals surface area (Å²) in [4.78, 5) is 13.4. The molecule has 1 saturated carbocycles. The highest BCUT2D eigenvalue weighted by Crippen LogP contribution is 2.32. The van der Waals surface area contributed by atoms with Gasteiger partial charge in [-0.1, -0.05) is 6.92 Å². The normalized spacial score (nSPS) is 27.9. The van der Waals surface area contributed by atoms with Crippen LogP contribution in [0.15, 0.2) is 0 Å². The highest BCUT2D eigenvalue weighted by Gasteiger charge is 2.45. The van der Waals surface area contributed by atoms with E-state index in [0.29, 0.717) is 25.9 Å². The lowest BCUT2D eigenvalue weighted by atomic mass is 9.97. The van der Waals surface area contributed by atoms with Crippen molar-refractivity contribution in [2.75, 3.05) is 32.1 Å². The number of carbonyl (C=O) groups is 1. The minimum Gasteiger partial charge on any atom is -0.480 e. The predicted octanol–water partition coefficient (Wildman–Crippen LogP) is -0.0518. The highest BCUT2D eigenvalue weighted by atomic mass is 32.2. The molecule has 19 heavy (non-hydrogen) atoms. The van der Waals surface area contributed by atoms with Crippen LogP contribution in [0.2, 0.25) is 0 Å². The summed E-state index contributed by atoms with van der Waals surface area (Å²) in [5.41, 5.74) is -0.848. The molecule has 1 rings (SSSR count). The Morgan fingerprint density at radius 1 is 1.53 bits per heavy atom. The Bertz CT molecular complexity index is 423. The van der Waals surface area contributed by atoms with Gasteiger partial charge in [-0.25, -0.2) is 8.42 Å². The zero-order valence-electron chi connectivity index (χ0n) is 11.8. The van der Waals surface area contributed by atoms with Crippen LogP contribution in [0.25, 0.3) is 0 Å². The SMILES string of the molecule is CCNC1(C(=O)O)CCC(N(C)CCS(C)(=O)=O)C1. The van der Waals surface area contributed by atoms with Gasteiger partial charge in [0.05, 0.1) is 5.75 Å². The Labute approximate surface area is 115 Å². The molecule has 0 radical (unpaired) electrons. The minimum absolute atomic E-state index is 0.112. The van der Waals surface area contributed by atoms with Crippen LogP contribution in [0.5, 0.6) is 0 Å². The number of carboxylic acids is 1. The summed E-state index contributed by atoms with van der Waals surface area (Å²) in [5, 5.41) is 12.4. The number of hydrogen-bond donors (Lipinski definition) is 2. The molecule has 0 amide bonds. The van der Waals surface area contributed by atoms with Crippen molar-refractivity contribution in [3.05, 3.63) is 0 Å². The first-order chi connectivity index (χ1) is 8.70. The molecule has 0 aliphatic heterocycles.